The number of epoxide rings is 1. The Morgan fingerprint density at radius 2 is 1.53 bits per heavy atom. The lowest BCUT2D eigenvalue weighted by Gasteiger charge is -2.09. The molecule has 17 heavy (non-hydrogen) atoms. The van der Waals surface area contributed by atoms with Crippen molar-refractivity contribution in [2.45, 2.75) is 11.7 Å². The van der Waals surface area contributed by atoms with Gasteiger partial charge in [-0.3, -0.25) is 0 Å². The van der Waals surface area contributed by atoms with Crippen molar-refractivity contribution in [1.82, 2.24) is 0 Å². The van der Waals surface area contributed by atoms with Crippen LogP contribution in [0.5, 0.6) is 0 Å². The van der Waals surface area contributed by atoms with Gasteiger partial charge in [-0.05, 0) is 11.1 Å². The molecule has 0 unspecified atom stereocenters. The highest BCUT2D eigenvalue weighted by atomic mass is 16.6. The molecule has 0 aromatic heterocycles. The summed E-state index contributed by atoms with van der Waals surface area (Å²) in [6.07, 6.45) is -0.0314. The van der Waals surface area contributed by atoms with E-state index < -0.39 is 5.60 Å². The third-order valence-electron chi connectivity index (χ3n) is 3.29. The molecule has 86 valence electrons. The summed E-state index contributed by atoms with van der Waals surface area (Å²) in [7, 11) is 0. The lowest BCUT2D eigenvalue weighted by Crippen LogP contribution is -2.15. The number of hydrogen-bond acceptors (Lipinski definition) is 2. The van der Waals surface area contributed by atoms with Crippen molar-refractivity contribution in [1.29, 1.82) is 0 Å². The molecule has 0 amide bonds. The SMILES string of the molecule is OC[C@@]1(c2ccccc2)O[C@@H]1c1ccccc1. The van der Waals surface area contributed by atoms with Crippen LogP contribution in [0.4, 0.5) is 0 Å². The van der Waals surface area contributed by atoms with Gasteiger partial charge in [0.05, 0.1) is 6.61 Å². The monoisotopic (exact) mass is 226 g/mol. The smallest absolute Gasteiger partial charge is 0.147 e. The van der Waals surface area contributed by atoms with E-state index >= 15 is 0 Å². The highest BCUT2D eigenvalue weighted by Gasteiger charge is 2.58. The Balaban J connectivity index is 1.94. The highest BCUT2D eigenvalue weighted by Crippen LogP contribution is 2.56. The van der Waals surface area contributed by atoms with Crippen LogP contribution in [0.2, 0.25) is 0 Å². The summed E-state index contributed by atoms with van der Waals surface area (Å²) < 4.78 is 5.78. The van der Waals surface area contributed by atoms with E-state index in [0.717, 1.165) is 11.1 Å². The fourth-order valence-corrected chi connectivity index (χ4v) is 2.29. The van der Waals surface area contributed by atoms with Crippen molar-refractivity contribution in [2.24, 2.45) is 0 Å². The summed E-state index contributed by atoms with van der Waals surface area (Å²) in [4.78, 5) is 0. The summed E-state index contributed by atoms with van der Waals surface area (Å²) in [6, 6.07) is 19.9. The molecule has 1 aliphatic heterocycles. The number of aliphatic hydroxyl groups is 1. The van der Waals surface area contributed by atoms with E-state index in [1.165, 1.54) is 0 Å². The molecule has 2 atom stereocenters. The molecule has 0 spiro atoms. The molecule has 1 N–H and O–H groups in total. The Morgan fingerprint density at radius 1 is 0.941 bits per heavy atom. The van der Waals surface area contributed by atoms with Crippen LogP contribution in [0.3, 0.4) is 0 Å². The van der Waals surface area contributed by atoms with E-state index in [-0.39, 0.29) is 12.7 Å². The van der Waals surface area contributed by atoms with Crippen molar-refractivity contribution < 1.29 is 9.84 Å². The van der Waals surface area contributed by atoms with E-state index in [1.54, 1.807) is 0 Å². The van der Waals surface area contributed by atoms with Gasteiger partial charge in [0.25, 0.3) is 0 Å². The highest BCUT2D eigenvalue weighted by molar-refractivity contribution is 5.35. The Bertz CT molecular complexity index is 495. The number of hydrogen-bond donors (Lipinski definition) is 1. The van der Waals surface area contributed by atoms with E-state index in [4.69, 9.17) is 4.74 Å². The van der Waals surface area contributed by atoms with Gasteiger partial charge in [0, 0.05) is 0 Å². The number of benzene rings is 2. The largest absolute Gasteiger partial charge is 0.393 e. The van der Waals surface area contributed by atoms with Crippen LogP contribution < -0.4 is 0 Å². The van der Waals surface area contributed by atoms with Crippen LogP contribution in [-0.2, 0) is 10.3 Å². The second-order valence-corrected chi connectivity index (χ2v) is 4.32. The molecule has 1 aliphatic rings. The zero-order chi connectivity index (χ0) is 11.7. The second kappa shape index (κ2) is 3.99. The number of aliphatic hydroxyl groups excluding tert-OH is 1. The minimum Gasteiger partial charge on any atom is -0.393 e. The predicted octanol–water partition coefficient (Wildman–Crippen LogP) is 2.65. The van der Waals surface area contributed by atoms with E-state index in [2.05, 4.69) is 0 Å². The molecule has 2 aromatic carbocycles. The maximum atomic E-state index is 9.62. The molecular formula is C15H14O2. The summed E-state index contributed by atoms with van der Waals surface area (Å²) in [5.41, 5.74) is 1.62. The van der Waals surface area contributed by atoms with Gasteiger partial charge in [-0.15, -0.1) is 0 Å². The Morgan fingerprint density at radius 3 is 2.12 bits per heavy atom. The van der Waals surface area contributed by atoms with Gasteiger partial charge in [-0.1, -0.05) is 60.7 Å². The van der Waals surface area contributed by atoms with Gasteiger partial charge in [-0.25, -0.2) is 0 Å². The van der Waals surface area contributed by atoms with E-state index in [0.29, 0.717) is 0 Å². The average molecular weight is 226 g/mol. The second-order valence-electron chi connectivity index (χ2n) is 4.32. The standard InChI is InChI=1S/C15H14O2/c16-11-15(13-9-5-2-6-10-13)14(17-15)12-7-3-1-4-8-12/h1-10,14,16H,11H2/t14-,15+/m1/s1. The third-order valence-corrected chi connectivity index (χ3v) is 3.29. The first-order chi connectivity index (χ1) is 8.37. The van der Waals surface area contributed by atoms with Gasteiger partial charge in [0.15, 0.2) is 0 Å². The summed E-state index contributed by atoms with van der Waals surface area (Å²) in [5, 5.41) is 9.62. The zero-order valence-corrected chi connectivity index (χ0v) is 9.41. The summed E-state index contributed by atoms with van der Waals surface area (Å²) in [5.74, 6) is 0. The maximum absolute atomic E-state index is 9.62. The van der Waals surface area contributed by atoms with Crippen LogP contribution in [0, 0.1) is 0 Å². The predicted molar refractivity (Wildman–Crippen MR) is 65.5 cm³/mol. The molecule has 0 radical (unpaired) electrons. The van der Waals surface area contributed by atoms with Crippen LogP contribution in [0.1, 0.15) is 17.2 Å². The topological polar surface area (TPSA) is 32.8 Å². The quantitative estimate of drug-likeness (QED) is 0.816. The molecular weight excluding hydrogens is 212 g/mol. The molecule has 1 saturated heterocycles. The minimum atomic E-state index is -0.539. The molecule has 0 saturated carbocycles. The van der Waals surface area contributed by atoms with Gasteiger partial charge in [-0.2, -0.15) is 0 Å². The minimum absolute atomic E-state index is 0.0105. The van der Waals surface area contributed by atoms with Gasteiger partial charge < -0.3 is 9.84 Å². The molecule has 2 aromatic rings. The van der Waals surface area contributed by atoms with Crippen molar-refractivity contribution in [3.8, 4) is 0 Å². The normalized spacial score (nSPS) is 26.8. The molecule has 2 heteroatoms. The maximum Gasteiger partial charge on any atom is 0.147 e. The van der Waals surface area contributed by atoms with Gasteiger partial charge in [0.2, 0.25) is 0 Å². The Kier molecular flexibility index (Phi) is 2.46. The van der Waals surface area contributed by atoms with E-state index in [1.807, 2.05) is 60.7 Å². The number of rotatable bonds is 3. The molecule has 1 heterocycles. The van der Waals surface area contributed by atoms with Crippen LogP contribution >= 0.6 is 0 Å². The van der Waals surface area contributed by atoms with Crippen molar-refractivity contribution >= 4 is 0 Å². The third kappa shape index (κ3) is 1.66. The molecule has 0 aliphatic carbocycles. The Labute approximate surface area is 100 Å². The van der Waals surface area contributed by atoms with Crippen molar-refractivity contribution in [3.05, 3.63) is 71.8 Å². The zero-order valence-electron chi connectivity index (χ0n) is 9.41. The van der Waals surface area contributed by atoms with Gasteiger partial charge in [0.1, 0.15) is 11.7 Å². The fraction of sp³-hybridized carbons (Fsp3) is 0.200. The first-order valence-corrected chi connectivity index (χ1v) is 5.76. The van der Waals surface area contributed by atoms with Gasteiger partial charge >= 0.3 is 0 Å². The van der Waals surface area contributed by atoms with Crippen LogP contribution in [0.25, 0.3) is 0 Å². The van der Waals surface area contributed by atoms with Crippen molar-refractivity contribution in [3.63, 3.8) is 0 Å². The average Bonchev–Trinajstić information content (AvgIpc) is 3.17. The lowest BCUT2D eigenvalue weighted by molar-refractivity contribution is 0.172. The molecule has 0 bridgehead atoms. The first kappa shape index (κ1) is 10.5. The molecule has 1 fully saturated rings. The first-order valence-electron chi connectivity index (χ1n) is 5.76. The molecule has 2 nitrogen and oxygen atoms in total. The summed E-state index contributed by atoms with van der Waals surface area (Å²) in [6.45, 7) is 0.0105. The van der Waals surface area contributed by atoms with Crippen LogP contribution in [0.15, 0.2) is 60.7 Å². The number of ether oxygens (including phenoxy) is 1. The summed E-state index contributed by atoms with van der Waals surface area (Å²) >= 11 is 0. The molecule has 3 rings (SSSR count). The van der Waals surface area contributed by atoms with E-state index in [9.17, 15) is 5.11 Å². The van der Waals surface area contributed by atoms with Crippen LogP contribution in [-0.4, -0.2) is 11.7 Å². The fourth-order valence-electron chi connectivity index (χ4n) is 2.29. The lowest BCUT2D eigenvalue weighted by atomic mass is 9.92. The van der Waals surface area contributed by atoms with Crippen molar-refractivity contribution in [2.75, 3.05) is 6.61 Å². The Hall–Kier alpha value is -1.64.